The lowest BCUT2D eigenvalue weighted by Crippen LogP contribution is -2.41. The van der Waals surface area contributed by atoms with Crippen molar-refractivity contribution in [1.82, 2.24) is 10.2 Å². The van der Waals surface area contributed by atoms with Gasteiger partial charge in [-0.05, 0) is 50.2 Å². The van der Waals surface area contributed by atoms with Crippen LogP contribution in [-0.4, -0.2) is 22.8 Å². The van der Waals surface area contributed by atoms with Gasteiger partial charge in [0.25, 0.3) is 0 Å². The van der Waals surface area contributed by atoms with E-state index >= 15 is 0 Å². The Labute approximate surface area is 117 Å². The summed E-state index contributed by atoms with van der Waals surface area (Å²) in [6, 6.07) is 6.66. The number of fused-ring (bicyclic) bond motifs is 1. The largest absolute Gasteiger partial charge is 0.351 e. The van der Waals surface area contributed by atoms with Crippen LogP contribution in [0.5, 0.6) is 0 Å². The van der Waals surface area contributed by atoms with Crippen molar-refractivity contribution in [3.8, 4) is 0 Å². The zero-order valence-electron chi connectivity index (χ0n) is 10.9. The molecule has 0 radical (unpaired) electrons. The van der Waals surface area contributed by atoms with Gasteiger partial charge < -0.3 is 4.90 Å². The SMILES string of the molecule is Clc1cccc2[nH]nc(N3CCCCC3C3CC3)c12. The molecule has 0 bridgehead atoms. The highest BCUT2D eigenvalue weighted by Crippen LogP contribution is 2.42. The average molecular weight is 276 g/mol. The van der Waals surface area contributed by atoms with Crippen LogP contribution < -0.4 is 4.90 Å². The van der Waals surface area contributed by atoms with Gasteiger partial charge in [-0.1, -0.05) is 17.7 Å². The Morgan fingerprint density at radius 1 is 1.21 bits per heavy atom. The molecule has 2 fully saturated rings. The second kappa shape index (κ2) is 4.41. The number of aromatic nitrogens is 2. The van der Waals surface area contributed by atoms with Crippen LogP contribution in [0.25, 0.3) is 10.9 Å². The Morgan fingerprint density at radius 2 is 2.11 bits per heavy atom. The highest BCUT2D eigenvalue weighted by atomic mass is 35.5. The second-order valence-corrected chi connectivity index (χ2v) is 6.21. The molecule has 4 rings (SSSR count). The molecular formula is C15H18ClN3. The summed E-state index contributed by atoms with van der Waals surface area (Å²) < 4.78 is 0. The van der Waals surface area contributed by atoms with Gasteiger partial charge in [0.2, 0.25) is 0 Å². The normalized spacial score (nSPS) is 24.1. The first-order valence-electron chi connectivity index (χ1n) is 7.24. The van der Waals surface area contributed by atoms with Crippen molar-refractivity contribution in [3.63, 3.8) is 0 Å². The summed E-state index contributed by atoms with van der Waals surface area (Å²) in [6.45, 7) is 1.12. The summed E-state index contributed by atoms with van der Waals surface area (Å²) in [5, 5.41) is 9.59. The van der Waals surface area contributed by atoms with E-state index < -0.39 is 0 Å². The molecule has 2 aromatic rings. The topological polar surface area (TPSA) is 31.9 Å². The molecule has 100 valence electrons. The van der Waals surface area contributed by atoms with Gasteiger partial charge in [-0.15, -0.1) is 0 Å². The van der Waals surface area contributed by atoms with E-state index in [2.05, 4.69) is 15.1 Å². The molecule has 0 spiro atoms. The van der Waals surface area contributed by atoms with Gasteiger partial charge in [-0.3, -0.25) is 5.10 Å². The summed E-state index contributed by atoms with van der Waals surface area (Å²) in [6.07, 6.45) is 6.70. The number of nitrogens with one attached hydrogen (secondary N) is 1. The van der Waals surface area contributed by atoms with E-state index in [0.29, 0.717) is 6.04 Å². The molecular weight excluding hydrogens is 258 g/mol. The molecule has 0 amide bonds. The number of nitrogens with zero attached hydrogens (tertiary/aromatic N) is 2. The lowest BCUT2D eigenvalue weighted by molar-refractivity contribution is 0.421. The Balaban J connectivity index is 1.79. The highest BCUT2D eigenvalue weighted by Gasteiger charge is 2.38. The third-order valence-electron chi connectivity index (χ3n) is 4.51. The number of rotatable bonds is 2. The fourth-order valence-electron chi connectivity index (χ4n) is 3.41. The maximum atomic E-state index is 6.38. The number of hydrogen-bond donors (Lipinski definition) is 1. The first-order valence-corrected chi connectivity index (χ1v) is 7.61. The van der Waals surface area contributed by atoms with Gasteiger partial charge in [0.1, 0.15) is 0 Å². The van der Waals surface area contributed by atoms with Crippen LogP contribution in [0.3, 0.4) is 0 Å². The van der Waals surface area contributed by atoms with Crippen LogP contribution in [0.1, 0.15) is 32.1 Å². The van der Waals surface area contributed by atoms with E-state index in [1.807, 2.05) is 18.2 Å². The molecule has 1 saturated carbocycles. The fraction of sp³-hybridized carbons (Fsp3) is 0.533. The van der Waals surface area contributed by atoms with E-state index in [1.165, 1.54) is 32.1 Å². The first kappa shape index (κ1) is 11.6. The standard InChI is InChI=1S/C15H18ClN3/c16-11-4-3-5-12-14(11)15(18-17-12)19-9-2-1-6-13(19)10-7-8-10/h3-5,10,13H,1-2,6-9H2,(H,17,18). The van der Waals surface area contributed by atoms with Gasteiger partial charge in [0, 0.05) is 12.6 Å². The zero-order chi connectivity index (χ0) is 12.8. The third kappa shape index (κ3) is 1.91. The molecule has 1 unspecified atom stereocenters. The molecule has 2 heterocycles. The van der Waals surface area contributed by atoms with Crippen LogP contribution in [0.2, 0.25) is 5.02 Å². The Morgan fingerprint density at radius 3 is 2.95 bits per heavy atom. The molecule has 3 nitrogen and oxygen atoms in total. The molecule has 1 atom stereocenters. The third-order valence-corrected chi connectivity index (χ3v) is 4.82. The molecule has 4 heteroatoms. The summed E-state index contributed by atoms with van der Waals surface area (Å²) >= 11 is 6.38. The second-order valence-electron chi connectivity index (χ2n) is 5.80. The van der Waals surface area contributed by atoms with Gasteiger partial charge in [0.05, 0.1) is 15.9 Å². The van der Waals surface area contributed by atoms with Gasteiger partial charge >= 0.3 is 0 Å². The number of hydrogen-bond acceptors (Lipinski definition) is 2. The number of anilines is 1. The average Bonchev–Trinajstić information content (AvgIpc) is 3.19. The van der Waals surface area contributed by atoms with E-state index in [9.17, 15) is 0 Å². The molecule has 1 aliphatic carbocycles. The smallest absolute Gasteiger partial charge is 0.160 e. The van der Waals surface area contributed by atoms with Gasteiger partial charge in [-0.25, -0.2) is 0 Å². The fourth-order valence-corrected chi connectivity index (χ4v) is 3.67. The number of halogens is 1. The predicted octanol–water partition coefficient (Wildman–Crippen LogP) is 3.99. The quantitative estimate of drug-likeness (QED) is 0.899. The zero-order valence-corrected chi connectivity index (χ0v) is 11.7. The van der Waals surface area contributed by atoms with Crippen molar-refractivity contribution in [2.45, 2.75) is 38.1 Å². The minimum absolute atomic E-state index is 0.677. The lowest BCUT2D eigenvalue weighted by atomic mass is 9.98. The van der Waals surface area contributed by atoms with Crippen LogP contribution >= 0.6 is 11.6 Å². The summed E-state index contributed by atoms with van der Waals surface area (Å²) in [7, 11) is 0. The van der Waals surface area contributed by atoms with Crippen molar-refractivity contribution in [2.24, 2.45) is 5.92 Å². The molecule has 1 aromatic heterocycles. The molecule has 1 saturated heterocycles. The molecule has 1 N–H and O–H groups in total. The molecule has 19 heavy (non-hydrogen) atoms. The van der Waals surface area contributed by atoms with Crippen LogP contribution in [0, 0.1) is 5.92 Å². The van der Waals surface area contributed by atoms with Crippen molar-refractivity contribution < 1.29 is 0 Å². The van der Waals surface area contributed by atoms with Crippen molar-refractivity contribution in [1.29, 1.82) is 0 Å². The number of H-pyrrole nitrogens is 1. The van der Waals surface area contributed by atoms with Crippen LogP contribution in [0.15, 0.2) is 18.2 Å². The highest BCUT2D eigenvalue weighted by molar-refractivity contribution is 6.36. The Bertz CT molecular complexity index is 602. The van der Waals surface area contributed by atoms with Crippen LogP contribution in [0.4, 0.5) is 5.82 Å². The number of piperidine rings is 1. The maximum Gasteiger partial charge on any atom is 0.160 e. The van der Waals surface area contributed by atoms with Gasteiger partial charge in [-0.2, -0.15) is 5.10 Å². The maximum absolute atomic E-state index is 6.38. The Kier molecular flexibility index (Phi) is 2.69. The van der Waals surface area contributed by atoms with E-state index in [1.54, 1.807) is 0 Å². The van der Waals surface area contributed by atoms with Crippen molar-refractivity contribution in [2.75, 3.05) is 11.4 Å². The van der Waals surface area contributed by atoms with Crippen molar-refractivity contribution in [3.05, 3.63) is 23.2 Å². The number of benzene rings is 1. The Hall–Kier alpha value is -1.22. The van der Waals surface area contributed by atoms with Crippen LogP contribution in [-0.2, 0) is 0 Å². The minimum atomic E-state index is 0.677. The summed E-state index contributed by atoms with van der Waals surface area (Å²) in [5.74, 6) is 1.95. The van der Waals surface area contributed by atoms with E-state index in [4.69, 9.17) is 11.6 Å². The van der Waals surface area contributed by atoms with E-state index in [0.717, 1.165) is 34.2 Å². The van der Waals surface area contributed by atoms with E-state index in [-0.39, 0.29) is 0 Å². The monoisotopic (exact) mass is 275 g/mol. The van der Waals surface area contributed by atoms with Gasteiger partial charge in [0.15, 0.2) is 5.82 Å². The molecule has 1 aromatic carbocycles. The number of aromatic amines is 1. The molecule has 2 aliphatic rings. The first-order chi connectivity index (χ1) is 9.34. The summed E-state index contributed by atoms with van der Waals surface area (Å²) in [5.41, 5.74) is 1.04. The summed E-state index contributed by atoms with van der Waals surface area (Å²) in [4.78, 5) is 2.51. The minimum Gasteiger partial charge on any atom is -0.351 e. The molecule has 1 aliphatic heterocycles. The lowest BCUT2D eigenvalue weighted by Gasteiger charge is -2.36. The van der Waals surface area contributed by atoms with Crippen molar-refractivity contribution >= 4 is 28.3 Å². The predicted molar refractivity (Wildman–Crippen MR) is 78.8 cm³/mol.